The van der Waals surface area contributed by atoms with Crippen molar-refractivity contribution in [3.63, 3.8) is 0 Å². The number of hydrogen-bond acceptors (Lipinski definition) is 4. The second kappa shape index (κ2) is 5.35. The number of carbonyl (C=O) groups excluding carboxylic acids is 1. The second-order valence-electron chi connectivity index (χ2n) is 4.32. The molecule has 0 saturated heterocycles. The lowest BCUT2D eigenvalue weighted by molar-refractivity contribution is 0.0462. The topological polar surface area (TPSA) is 44.1 Å². The van der Waals surface area contributed by atoms with Crippen molar-refractivity contribution in [1.82, 2.24) is 9.55 Å². The van der Waals surface area contributed by atoms with Gasteiger partial charge in [0.15, 0.2) is 0 Å². The quantitative estimate of drug-likeness (QED) is 0.797. The maximum Gasteiger partial charge on any atom is 0.355 e. The second-order valence-corrected chi connectivity index (χ2v) is 5.64. The van der Waals surface area contributed by atoms with Gasteiger partial charge in [0.25, 0.3) is 0 Å². The minimum absolute atomic E-state index is 0.244. The van der Waals surface area contributed by atoms with Crippen LogP contribution in [0.1, 0.15) is 40.3 Å². The van der Waals surface area contributed by atoms with E-state index in [2.05, 4.69) is 4.98 Å². The van der Waals surface area contributed by atoms with Gasteiger partial charge in [-0.05, 0) is 32.9 Å². The van der Waals surface area contributed by atoms with Crippen molar-refractivity contribution < 1.29 is 9.53 Å². The highest BCUT2D eigenvalue weighted by molar-refractivity contribution is 7.11. The summed E-state index contributed by atoms with van der Waals surface area (Å²) in [6.45, 7) is 6.28. The Hall–Kier alpha value is -1.62. The molecular formula is C13H16N2O2S. The lowest BCUT2D eigenvalue weighted by Gasteiger charge is -2.11. The number of aryl methyl sites for hydroxylation is 1. The molecule has 0 radical (unpaired) electrons. The number of hydrogen-bond donors (Lipinski definition) is 0. The van der Waals surface area contributed by atoms with Crippen molar-refractivity contribution in [3.8, 4) is 0 Å². The van der Waals surface area contributed by atoms with Gasteiger partial charge in [0.2, 0.25) is 0 Å². The normalized spacial score (nSPS) is 10.9. The van der Waals surface area contributed by atoms with Gasteiger partial charge in [-0.1, -0.05) is 0 Å². The maximum absolute atomic E-state index is 12.0. The van der Waals surface area contributed by atoms with Crippen LogP contribution in [0.4, 0.5) is 0 Å². The van der Waals surface area contributed by atoms with Gasteiger partial charge >= 0.3 is 5.97 Å². The zero-order valence-corrected chi connectivity index (χ0v) is 11.5. The van der Waals surface area contributed by atoms with E-state index in [4.69, 9.17) is 4.74 Å². The molecule has 2 heterocycles. The summed E-state index contributed by atoms with van der Waals surface area (Å²) in [6.07, 6.45) is 3.63. The van der Waals surface area contributed by atoms with Crippen molar-refractivity contribution in [2.45, 2.75) is 33.4 Å². The predicted molar refractivity (Wildman–Crippen MR) is 70.8 cm³/mol. The number of esters is 1. The van der Waals surface area contributed by atoms with E-state index in [1.807, 2.05) is 37.6 Å². The van der Waals surface area contributed by atoms with E-state index >= 15 is 0 Å². The van der Waals surface area contributed by atoms with E-state index in [0.29, 0.717) is 5.69 Å². The van der Waals surface area contributed by atoms with Crippen molar-refractivity contribution in [2.24, 2.45) is 0 Å². The minimum atomic E-state index is -0.292. The Morgan fingerprint density at radius 3 is 2.94 bits per heavy atom. The van der Waals surface area contributed by atoms with Crippen molar-refractivity contribution >= 4 is 17.3 Å². The van der Waals surface area contributed by atoms with E-state index < -0.39 is 0 Å². The van der Waals surface area contributed by atoms with Gasteiger partial charge in [-0.3, -0.25) is 0 Å². The van der Waals surface area contributed by atoms with E-state index in [1.165, 1.54) is 0 Å². The van der Waals surface area contributed by atoms with Gasteiger partial charge in [0, 0.05) is 18.4 Å². The largest absolute Gasteiger partial charge is 0.455 e. The highest BCUT2D eigenvalue weighted by atomic mass is 32.1. The molecule has 0 aromatic carbocycles. The van der Waals surface area contributed by atoms with Gasteiger partial charge in [-0.25, -0.2) is 9.78 Å². The fourth-order valence-corrected chi connectivity index (χ4v) is 2.41. The van der Waals surface area contributed by atoms with Crippen LogP contribution in [0.15, 0.2) is 24.5 Å². The molecule has 0 fully saturated rings. The SMILES string of the molecule is Cc1ncc(COC(=O)c2cccn2C(C)C)s1. The molecule has 0 bridgehead atoms. The smallest absolute Gasteiger partial charge is 0.355 e. The molecule has 5 heteroatoms. The Balaban J connectivity index is 2.01. The van der Waals surface area contributed by atoms with Crippen molar-refractivity contribution in [1.29, 1.82) is 0 Å². The summed E-state index contributed by atoms with van der Waals surface area (Å²) in [4.78, 5) is 17.0. The van der Waals surface area contributed by atoms with Crippen LogP contribution in [-0.2, 0) is 11.3 Å². The third-order valence-electron chi connectivity index (χ3n) is 2.56. The molecule has 2 aromatic heterocycles. The number of ether oxygens (including phenoxy) is 1. The number of rotatable bonds is 4. The summed E-state index contributed by atoms with van der Waals surface area (Å²) in [7, 11) is 0. The molecule has 0 amide bonds. The zero-order chi connectivity index (χ0) is 13.1. The summed E-state index contributed by atoms with van der Waals surface area (Å²) >= 11 is 1.54. The summed E-state index contributed by atoms with van der Waals surface area (Å²) in [5.41, 5.74) is 0.589. The van der Waals surface area contributed by atoms with E-state index in [0.717, 1.165) is 9.88 Å². The fourth-order valence-electron chi connectivity index (χ4n) is 1.70. The first-order valence-electron chi connectivity index (χ1n) is 5.83. The van der Waals surface area contributed by atoms with E-state index in [-0.39, 0.29) is 18.6 Å². The first-order valence-corrected chi connectivity index (χ1v) is 6.65. The van der Waals surface area contributed by atoms with E-state index in [1.54, 1.807) is 23.6 Å². The molecule has 96 valence electrons. The molecule has 0 unspecified atom stereocenters. The van der Waals surface area contributed by atoms with Crippen molar-refractivity contribution in [3.05, 3.63) is 40.1 Å². The predicted octanol–water partition coefficient (Wildman–Crippen LogP) is 3.19. The Morgan fingerprint density at radius 2 is 2.33 bits per heavy atom. The highest BCUT2D eigenvalue weighted by Crippen LogP contribution is 2.15. The van der Waals surface area contributed by atoms with Crippen LogP contribution in [0.2, 0.25) is 0 Å². The average Bonchev–Trinajstić information content (AvgIpc) is 2.94. The Bertz CT molecular complexity index is 543. The maximum atomic E-state index is 12.0. The first kappa shape index (κ1) is 12.8. The first-order chi connectivity index (χ1) is 8.58. The summed E-state index contributed by atoms with van der Waals surface area (Å²) in [6, 6.07) is 3.88. The number of aromatic nitrogens is 2. The van der Waals surface area contributed by atoms with E-state index in [9.17, 15) is 4.79 Å². The Labute approximate surface area is 110 Å². The molecule has 0 atom stereocenters. The van der Waals surface area contributed by atoms with Crippen LogP contribution >= 0.6 is 11.3 Å². The Kier molecular flexibility index (Phi) is 3.81. The molecule has 0 aliphatic carbocycles. The molecule has 0 N–H and O–H groups in total. The fraction of sp³-hybridized carbons (Fsp3) is 0.385. The Morgan fingerprint density at radius 1 is 1.56 bits per heavy atom. The lowest BCUT2D eigenvalue weighted by atomic mass is 10.3. The number of carbonyl (C=O) groups is 1. The highest BCUT2D eigenvalue weighted by Gasteiger charge is 2.14. The monoisotopic (exact) mass is 264 g/mol. The summed E-state index contributed by atoms with van der Waals surface area (Å²) in [5.74, 6) is -0.292. The average molecular weight is 264 g/mol. The van der Waals surface area contributed by atoms with Crippen molar-refractivity contribution in [2.75, 3.05) is 0 Å². The third kappa shape index (κ3) is 2.79. The molecule has 2 aromatic rings. The third-order valence-corrected chi connectivity index (χ3v) is 3.45. The molecular weight excluding hydrogens is 248 g/mol. The lowest BCUT2D eigenvalue weighted by Crippen LogP contribution is -2.12. The summed E-state index contributed by atoms with van der Waals surface area (Å²) < 4.78 is 7.19. The number of nitrogens with zero attached hydrogens (tertiary/aromatic N) is 2. The van der Waals surface area contributed by atoms with Gasteiger partial charge in [0.05, 0.1) is 9.88 Å². The molecule has 0 spiro atoms. The van der Waals surface area contributed by atoms with Gasteiger partial charge in [0.1, 0.15) is 12.3 Å². The zero-order valence-electron chi connectivity index (χ0n) is 10.7. The van der Waals surface area contributed by atoms with Gasteiger partial charge in [-0.15, -0.1) is 11.3 Å². The molecule has 0 aliphatic heterocycles. The van der Waals surface area contributed by atoms with Crippen LogP contribution in [-0.4, -0.2) is 15.5 Å². The summed E-state index contributed by atoms with van der Waals surface area (Å²) in [5, 5.41) is 0.978. The van der Waals surface area contributed by atoms with Gasteiger partial charge < -0.3 is 9.30 Å². The molecule has 0 saturated carbocycles. The van der Waals surface area contributed by atoms with Gasteiger partial charge in [-0.2, -0.15) is 0 Å². The van der Waals surface area contributed by atoms with Crippen LogP contribution in [0, 0.1) is 6.92 Å². The molecule has 2 rings (SSSR count). The number of thiazole rings is 1. The molecule has 18 heavy (non-hydrogen) atoms. The molecule has 0 aliphatic rings. The van der Waals surface area contributed by atoms with Crippen LogP contribution < -0.4 is 0 Å². The van der Waals surface area contributed by atoms with Crippen LogP contribution in [0.5, 0.6) is 0 Å². The molecule has 4 nitrogen and oxygen atoms in total. The van der Waals surface area contributed by atoms with Crippen LogP contribution in [0.3, 0.4) is 0 Å². The van der Waals surface area contributed by atoms with Crippen LogP contribution in [0.25, 0.3) is 0 Å². The minimum Gasteiger partial charge on any atom is -0.455 e. The standard InChI is InChI=1S/C13H16N2O2S/c1-9(2)15-6-4-5-12(15)13(16)17-8-11-7-14-10(3)18-11/h4-7,9H,8H2,1-3H3.